The van der Waals surface area contributed by atoms with Gasteiger partial charge in [0.15, 0.2) is 0 Å². The maximum Gasteiger partial charge on any atom is 0.404 e. The van der Waals surface area contributed by atoms with Gasteiger partial charge in [-0.05, 0) is 47.9 Å². The molecule has 0 aromatic heterocycles. The van der Waals surface area contributed by atoms with Crippen molar-refractivity contribution in [1.82, 2.24) is 10.2 Å². The molecule has 1 amide bonds. The van der Waals surface area contributed by atoms with Gasteiger partial charge in [0, 0.05) is 30.4 Å². The highest BCUT2D eigenvalue weighted by molar-refractivity contribution is 7.92. The van der Waals surface area contributed by atoms with Crippen molar-refractivity contribution in [1.29, 1.82) is 0 Å². The molecule has 0 saturated carbocycles. The van der Waals surface area contributed by atoms with Crippen molar-refractivity contribution >= 4 is 21.8 Å². The van der Waals surface area contributed by atoms with Gasteiger partial charge in [0.25, 0.3) is 0 Å². The Morgan fingerprint density at radius 1 is 1.16 bits per heavy atom. The first-order valence-corrected chi connectivity index (χ1v) is 11.9. The molecule has 3 atom stereocenters. The van der Waals surface area contributed by atoms with E-state index in [0.29, 0.717) is 25.2 Å². The first-order valence-electron chi connectivity index (χ1n) is 9.99. The van der Waals surface area contributed by atoms with Crippen molar-refractivity contribution in [3.05, 3.63) is 64.7 Å². The molecule has 8 nitrogen and oxygen atoms in total. The number of carbonyl (C=O) groups is 1. The number of fused-ring (bicyclic) bond motifs is 1. The number of rotatable bonds is 5. The first kappa shape index (κ1) is 22.4. The summed E-state index contributed by atoms with van der Waals surface area (Å²) in [6, 6.07) is 7.40. The summed E-state index contributed by atoms with van der Waals surface area (Å²) in [5.74, 6) is -1.29. The Morgan fingerprint density at radius 3 is 2.62 bits per heavy atom. The Hall–Kier alpha value is -2.76. The smallest absolute Gasteiger partial charge is 0.404 e. The van der Waals surface area contributed by atoms with Crippen molar-refractivity contribution in [2.24, 2.45) is 0 Å². The minimum atomic E-state index is -3.39. The van der Waals surface area contributed by atoms with Crippen LogP contribution in [0.1, 0.15) is 29.2 Å². The number of nitrogens with zero attached hydrogens (tertiary/aromatic N) is 1. The fourth-order valence-corrected chi connectivity index (χ4v) is 4.91. The highest BCUT2D eigenvalue weighted by Gasteiger charge is 2.38. The van der Waals surface area contributed by atoms with Crippen LogP contribution in [0.4, 0.5) is 19.3 Å². The van der Waals surface area contributed by atoms with E-state index in [4.69, 9.17) is 4.74 Å². The second-order valence-electron chi connectivity index (χ2n) is 8.13. The number of benzene rings is 2. The molecule has 0 unspecified atom stereocenters. The van der Waals surface area contributed by atoms with Crippen LogP contribution in [-0.2, 0) is 27.8 Å². The summed E-state index contributed by atoms with van der Waals surface area (Å²) in [7, 11) is -3.39. The highest BCUT2D eigenvalue weighted by Crippen LogP contribution is 2.35. The van der Waals surface area contributed by atoms with Crippen molar-refractivity contribution in [2.75, 3.05) is 17.6 Å². The standard InChI is InChI=1S/C21H23F2N3O5S/c1-32(29,30)25-15-4-2-12-9-26(10-13(12)6-15)16-8-19(24-21(27)28)20(31-11-16)17-7-14(22)3-5-18(17)23/h2-7,16,19-20,24-25H,8-11H2,1H3,(H,27,28)/t16-,19+,20-/m1/s1. The highest BCUT2D eigenvalue weighted by atomic mass is 32.2. The molecule has 1 fully saturated rings. The third-order valence-electron chi connectivity index (χ3n) is 5.71. The Morgan fingerprint density at radius 2 is 1.91 bits per heavy atom. The molecule has 1 saturated heterocycles. The Balaban J connectivity index is 1.51. The number of ether oxygens (including phenoxy) is 1. The molecule has 0 bridgehead atoms. The number of hydrogen-bond acceptors (Lipinski definition) is 5. The summed E-state index contributed by atoms with van der Waals surface area (Å²) in [6.07, 6.45) is -0.801. The molecular weight excluding hydrogens is 444 g/mol. The Kier molecular flexibility index (Phi) is 6.06. The van der Waals surface area contributed by atoms with Crippen LogP contribution in [-0.4, -0.2) is 49.5 Å². The predicted octanol–water partition coefficient (Wildman–Crippen LogP) is 2.82. The van der Waals surface area contributed by atoms with Crippen molar-refractivity contribution in [3.63, 3.8) is 0 Å². The number of nitrogens with one attached hydrogen (secondary N) is 2. The molecule has 0 radical (unpaired) electrons. The van der Waals surface area contributed by atoms with E-state index in [1.165, 1.54) is 0 Å². The molecule has 11 heteroatoms. The molecule has 0 aliphatic carbocycles. The van der Waals surface area contributed by atoms with Gasteiger partial charge >= 0.3 is 6.09 Å². The van der Waals surface area contributed by atoms with E-state index < -0.39 is 39.9 Å². The van der Waals surface area contributed by atoms with Gasteiger partial charge in [-0.15, -0.1) is 0 Å². The number of carboxylic acid groups (broad SMARTS) is 1. The van der Waals surface area contributed by atoms with Crippen LogP contribution in [0, 0.1) is 11.6 Å². The fourth-order valence-electron chi connectivity index (χ4n) is 4.36. The summed E-state index contributed by atoms with van der Waals surface area (Å²) < 4.78 is 59.3. The molecule has 3 N–H and O–H groups in total. The summed E-state index contributed by atoms with van der Waals surface area (Å²) in [5, 5.41) is 11.7. The lowest BCUT2D eigenvalue weighted by molar-refractivity contribution is -0.0599. The van der Waals surface area contributed by atoms with Crippen molar-refractivity contribution in [3.8, 4) is 0 Å². The van der Waals surface area contributed by atoms with Crippen LogP contribution in [0.5, 0.6) is 0 Å². The summed E-state index contributed by atoms with van der Waals surface area (Å²) in [4.78, 5) is 13.5. The van der Waals surface area contributed by atoms with E-state index >= 15 is 0 Å². The van der Waals surface area contributed by atoms with Crippen LogP contribution in [0.15, 0.2) is 36.4 Å². The number of amides is 1. The molecule has 172 valence electrons. The van der Waals surface area contributed by atoms with Gasteiger partial charge in [0.1, 0.15) is 17.7 Å². The normalized spacial score (nSPS) is 23.5. The predicted molar refractivity (Wildman–Crippen MR) is 113 cm³/mol. The van der Waals surface area contributed by atoms with E-state index in [9.17, 15) is 27.1 Å². The van der Waals surface area contributed by atoms with Gasteiger partial charge in [-0.25, -0.2) is 22.0 Å². The van der Waals surface area contributed by atoms with Gasteiger partial charge in [-0.3, -0.25) is 9.62 Å². The molecule has 4 rings (SSSR count). The Labute approximate surface area is 184 Å². The maximum atomic E-state index is 14.3. The first-order chi connectivity index (χ1) is 15.1. The maximum absolute atomic E-state index is 14.3. The summed E-state index contributed by atoms with van der Waals surface area (Å²) in [5.41, 5.74) is 2.44. The van der Waals surface area contributed by atoms with Gasteiger partial charge in [-0.1, -0.05) is 6.07 Å². The van der Waals surface area contributed by atoms with Crippen LogP contribution in [0.2, 0.25) is 0 Å². The average Bonchev–Trinajstić information content (AvgIpc) is 3.11. The molecule has 2 heterocycles. The minimum Gasteiger partial charge on any atom is -0.465 e. The zero-order valence-corrected chi connectivity index (χ0v) is 18.0. The minimum absolute atomic E-state index is 0.0246. The lowest BCUT2D eigenvalue weighted by Crippen LogP contribution is -2.51. The van der Waals surface area contributed by atoms with E-state index in [1.807, 2.05) is 6.07 Å². The largest absolute Gasteiger partial charge is 0.465 e. The lowest BCUT2D eigenvalue weighted by Gasteiger charge is -2.40. The Bertz CT molecular complexity index is 1140. The molecule has 2 aromatic rings. The van der Waals surface area contributed by atoms with E-state index in [2.05, 4.69) is 14.9 Å². The van der Waals surface area contributed by atoms with Crippen molar-refractivity contribution < 1.29 is 31.8 Å². The summed E-state index contributed by atoms with van der Waals surface area (Å²) >= 11 is 0. The third-order valence-corrected chi connectivity index (χ3v) is 6.31. The van der Waals surface area contributed by atoms with Crippen LogP contribution in [0.3, 0.4) is 0 Å². The molecule has 2 aliphatic heterocycles. The number of halogens is 2. The lowest BCUT2D eigenvalue weighted by atomic mass is 9.92. The van der Waals surface area contributed by atoms with Gasteiger partial charge in [0.2, 0.25) is 10.0 Å². The zero-order valence-electron chi connectivity index (χ0n) is 17.2. The van der Waals surface area contributed by atoms with Gasteiger partial charge in [-0.2, -0.15) is 0 Å². The second-order valence-corrected chi connectivity index (χ2v) is 9.88. The average molecular weight is 467 g/mol. The van der Waals surface area contributed by atoms with Crippen LogP contribution < -0.4 is 10.0 Å². The molecular formula is C21H23F2N3O5S. The van der Waals surface area contributed by atoms with Crippen LogP contribution in [0.25, 0.3) is 0 Å². The number of anilines is 1. The monoisotopic (exact) mass is 467 g/mol. The molecule has 2 aliphatic rings. The number of sulfonamides is 1. The van der Waals surface area contributed by atoms with E-state index in [1.54, 1.807) is 12.1 Å². The number of hydrogen-bond donors (Lipinski definition) is 3. The zero-order chi connectivity index (χ0) is 23.0. The summed E-state index contributed by atoms with van der Waals surface area (Å²) in [6.45, 7) is 1.32. The van der Waals surface area contributed by atoms with E-state index in [0.717, 1.165) is 35.6 Å². The third kappa shape index (κ3) is 5.00. The fraction of sp³-hybridized carbons (Fsp3) is 0.381. The topological polar surface area (TPSA) is 108 Å². The molecule has 0 spiro atoms. The van der Waals surface area contributed by atoms with E-state index in [-0.39, 0.29) is 18.2 Å². The van der Waals surface area contributed by atoms with Crippen molar-refractivity contribution in [2.45, 2.75) is 37.7 Å². The van der Waals surface area contributed by atoms with Crippen LogP contribution >= 0.6 is 0 Å². The van der Waals surface area contributed by atoms with Gasteiger partial charge in [0.05, 0.1) is 18.9 Å². The molecule has 32 heavy (non-hydrogen) atoms. The SMILES string of the molecule is CS(=O)(=O)Nc1ccc2c(c1)CN([C@H]1CO[C@H](c3cc(F)ccc3F)[C@@H](NC(=O)O)C1)C2. The second kappa shape index (κ2) is 8.64. The quantitative estimate of drug-likeness (QED) is 0.624. The molecule has 2 aromatic carbocycles. The van der Waals surface area contributed by atoms with Gasteiger partial charge < -0.3 is 15.2 Å².